The molecule has 0 amide bonds. The van der Waals surface area contributed by atoms with E-state index in [0.29, 0.717) is 6.54 Å². The van der Waals surface area contributed by atoms with Gasteiger partial charge in [-0.3, -0.25) is 0 Å². The topological polar surface area (TPSA) is 43.8 Å². The van der Waals surface area contributed by atoms with Gasteiger partial charge in [0.1, 0.15) is 5.01 Å². The molecular formula is C15H17N3S. The summed E-state index contributed by atoms with van der Waals surface area (Å²) in [6.07, 6.45) is 1.88. The summed E-state index contributed by atoms with van der Waals surface area (Å²) in [7, 11) is 0. The minimum Gasteiger partial charge on any atom is -0.339 e. The Bertz CT molecular complexity index is 724. The number of rotatable bonds is 3. The summed E-state index contributed by atoms with van der Waals surface area (Å²) < 4.78 is 2.32. The summed E-state index contributed by atoms with van der Waals surface area (Å²) in [4.78, 5) is 5.63. The van der Waals surface area contributed by atoms with Crippen LogP contribution in [0.4, 0.5) is 0 Å². The van der Waals surface area contributed by atoms with Gasteiger partial charge in [-0.2, -0.15) is 0 Å². The molecule has 3 rings (SSSR count). The molecule has 0 saturated heterocycles. The van der Waals surface area contributed by atoms with E-state index in [1.807, 2.05) is 6.20 Å². The average Bonchev–Trinajstić information content (AvgIpc) is 3.02. The van der Waals surface area contributed by atoms with Gasteiger partial charge >= 0.3 is 0 Å². The first kappa shape index (κ1) is 12.4. The Hall–Kier alpha value is -1.65. The number of nitrogens with two attached hydrogens (primary N) is 1. The Morgan fingerprint density at radius 1 is 1.37 bits per heavy atom. The van der Waals surface area contributed by atoms with Crippen LogP contribution in [0.15, 0.2) is 30.5 Å². The molecule has 3 nitrogen and oxygen atoms in total. The molecule has 2 N–H and O–H groups in total. The molecule has 4 heteroatoms. The van der Waals surface area contributed by atoms with Gasteiger partial charge in [-0.15, -0.1) is 11.3 Å². The van der Waals surface area contributed by atoms with Gasteiger partial charge in [0.25, 0.3) is 0 Å². The third kappa shape index (κ3) is 1.97. The molecule has 98 valence electrons. The third-order valence-corrected chi connectivity index (χ3v) is 4.50. The van der Waals surface area contributed by atoms with Crippen molar-refractivity contribution in [3.8, 4) is 10.7 Å². The summed E-state index contributed by atoms with van der Waals surface area (Å²) in [6, 6.07) is 8.68. The van der Waals surface area contributed by atoms with Crippen LogP contribution in [0, 0.1) is 6.92 Å². The van der Waals surface area contributed by atoms with Gasteiger partial charge < -0.3 is 10.3 Å². The van der Waals surface area contributed by atoms with E-state index >= 15 is 0 Å². The molecule has 2 aromatic heterocycles. The fraction of sp³-hybridized carbons (Fsp3) is 0.267. The molecule has 1 aromatic carbocycles. The lowest BCUT2D eigenvalue weighted by atomic mass is 10.1. The first-order valence-electron chi connectivity index (χ1n) is 6.48. The zero-order valence-electron chi connectivity index (χ0n) is 11.2. The number of hydrogen-bond donors (Lipinski definition) is 1. The SMILES string of the molecule is CCn1c(-c2ncc(CN)s2)cc2c(C)cccc21. The summed E-state index contributed by atoms with van der Waals surface area (Å²) in [5, 5.41) is 2.36. The molecule has 0 bridgehead atoms. The fourth-order valence-corrected chi connectivity index (χ4v) is 3.29. The van der Waals surface area contributed by atoms with E-state index in [1.54, 1.807) is 11.3 Å². The molecule has 0 fully saturated rings. The monoisotopic (exact) mass is 271 g/mol. The fourth-order valence-electron chi connectivity index (χ4n) is 2.47. The Kier molecular flexibility index (Phi) is 3.12. The Labute approximate surface area is 116 Å². The number of benzene rings is 1. The molecule has 0 aliphatic carbocycles. The van der Waals surface area contributed by atoms with Crippen LogP contribution < -0.4 is 5.73 Å². The molecule has 0 saturated carbocycles. The molecule has 0 atom stereocenters. The molecule has 19 heavy (non-hydrogen) atoms. The quantitative estimate of drug-likeness (QED) is 0.791. The molecule has 0 aliphatic heterocycles. The predicted molar refractivity (Wildman–Crippen MR) is 81.3 cm³/mol. The van der Waals surface area contributed by atoms with E-state index in [2.05, 4.69) is 47.7 Å². The van der Waals surface area contributed by atoms with Gasteiger partial charge in [0.15, 0.2) is 0 Å². The first-order valence-corrected chi connectivity index (χ1v) is 7.30. The molecule has 0 spiro atoms. The molecule has 0 radical (unpaired) electrons. The van der Waals surface area contributed by atoms with Crippen molar-refractivity contribution in [2.45, 2.75) is 26.9 Å². The van der Waals surface area contributed by atoms with Crippen LogP contribution >= 0.6 is 11.3 Å². The largest absolute Gasteiger partial charge is 0.339 e. The Balaban J connectivity index is 2.25. The molecule has 0 aliphatic rings. The summed E-state index contributed by atoms with van der Waals surface area (Å²) in [6.45, 7) is 5.82. The molecular weight excluding hydrogens is 254 g/mol. The van der Waals surface area contributed by atoms with Crippen LogP contribution in [-0.2, 0) is 13.1 Å². The van der Waals surface area contributed by atoms with E-state index in [4.69, 9.17) is 5.73 Å². The standard InChI is InChI=1S/C15H17N3S/c1-3-18-13-6-4-5-10(2)12(13)7-14(18)15-17-9-11(8-16)19-15/h4-7,9H,3,8,16H2,1-2H3. The Morgan fingerprint density at radius 2 is 2.21 bits per heavy atom. The molecule has 2 heterocycles. The van der Waals surface area contributed by atoms with E-state index in [9.17, 15) is 0 Å². The van der Waals surface area contributed by atoms with Crippen LogP contribution in [0.3, 0.4) is 0 Å². The van der Waals surface area contributed by atoms with Crippen LogP contribution in [0.25, 0.3) is 21.6 Å². The second kappa shape index (κ2) is 4.79. The van der Waals surface area contributed by atoms with Crippen molar-refractivity contribution in [1.29, 1.82) is 0 Å². The smallest absolute Gasteiger partial charge is 0.140 e. The number of hydrogen-bond acceptors (Lipinski definition) is 3. The second-order valence-electron chi connectivity index (χ2n) is 4.62. The van der Waals surface area contributed by atoms with E-state index in [1.165, 1.54) is 22.2 Å². The predicted octanol–water partition coefficient (Wildman–Crippen LogP) is 3.55. The minimum absolute atomic E-state index is 0.559. The minimum atomic E-state index is 0.559. The lowest BCUT2D eigenvalue weighted by Gasteiger charge is -2.05. The van der Waals surface area contributed by atoms with Crippen molar-refractivity contribution in [3.63, 3.8) is 0 Å². The Morgan fingerprint density at radius 3 is 2.89 bits per heavy atom. The van der Waals surface area contributed by atoms with Crippen LogP contribution in [-0.4, -0.2) is 9.55 Å². The second-order valence-corrected chi connectivity index (χ2v) is 5.73. The third-order valence-electron chi connectivity index (χ3n) is 3.45. The zero-order chi connectivity index (χ0) is 13.4. The molecule has 3 aromatic rings. The van der Waals surface area contributed by atoms with Crippen molar-refractivity contribution >= 4 is 22.2 Å². The lowest BCUT2D eigenvalue weighted by Crippen LogP contribution is -1.96. The van der Waals surface area contributed by atoms with Gasteiger partial charge in [0.2, 0.25) is 0 Å². The van der Waals surface area contributed by atoms with Crippen molar-refractivity contribution in [3.05, 3.63) is 40.9 Å². The van der Waals surface area contributed by atoms with Gasteiger partial charge in [-0.1, -0.05) is 12.1 Å². The number of aryl methyl sites for hydroxylation is 2. The van der Waals surface area contributed by atoms with Crippen LogP contribution in [0.1, 0.15) is 17.4 Å². The number of thiazole rings is 1. The summed E-state index contributed by atoms with van der Waals surface area (Å²) >= 11 is 1.68. The summed E-state index contributed by atoms with van der Waals surface area (Å²) in [5.74, 6) is 0. The zero-order valence-corrected chi connectivity index (χ0v) is 12.0. The van der Waals surface area contributed by atoms with Gasteiger partial charge in [-0.05, 0) is 31.5 Å². The van der Waals surface area contributed by atoms with Crippen molar-refractivity contribution in [1.82, 2.24) is 9.55 Å². The van der Waals surface area contributed by atoms with Crippen LogP contribution in [0.5, 0.6) is 0 Å². The van der Waals surface area contributed by atoms with Crippen molar-refractivity contribution in [2.24, 2.45) is 5.73 Å². The number of fused-ring (bicyclic) bond motifs is 1. The van der Waals surface area contributed by atoms with Gasteiger partial charge in [0, 0.05) is 35.1 Å². The van der Waals surface area contributed by atoms with E-state index in [0.717, 1.165) is 16.4 Å². The van der Waals surface area contributed by atoms with Gasteiger partial charge in [0.05, 0.1) is 5.69 Å². The maximum Gasteiger partial charge on any atom is 0.140 e. The molecule has 0 unspecified atom stereocenters. The maximum absolute atomic E-state index is 5.67. The van der Waals surface area contributed by atoms with Crippen molar-refractivity contribution < 1.29 is 0 Å². The first-order chi connectivity index (χ1) is 9.24. The normalized spacial score (nSPS) is 11.3. The summed E-state index contributed by atoms with van der Waals surface area (Å²) in [5.41, 5.74) is 9.45. The highest BCUT2D eigenvalue weighted by molar-refractivity contribution is 7.15. The number of nitrogens with zero attached hydrogens (tertiary/aromatic N) is 2. The highest BCUT2D eigenvalue weighted by Gasteiger charge is 2.13. The van der Waals surface area contributed by atoms with Crippen molar-refractivity contribution in [2.75, 3.05) is 0 Å². The average molecular weight is 271 g/mol. The number of aromatic nitrogens is 2. The highest BCUT2D eigenvalue weighted by Crippen LogP contribution is 2.32. The van der Waals surface area contributed by atoms with Crippen LogP contribution in [0.2, 0.25) is 0 Å². The maximum atomic E-state index is 5.67. The highest BCUT2D eigenvalue weighted by atomic mass is 32.1. The van der Waals surface area contributed by atoms with Gasteiger partial charge in [-0.25, -0.2) is 4.98 Å². The van der Waals surface area contributed by atoms with E-state index < -0.39 is 0 Å². The van der Waals surface area contributed by atoms with E-state index in [-0.39, 0.29) is 0 Å². The lowest BCUT2D eigenvalue weighted by molar-refractivity contribution is 0.804.